The molecule has 4 heteroatoms. The minimum atomic E-state index is -1.05. The van der Waals surface area contributed by atoms with Gasteiger partial charge in [-0.25, -0.2) is 4.79 Å². The molecule has 4 N–H and O–H groups in total. The first-order chi connectivity index (χ1) is 8.25. The summed E-state index contributed by atoms with van der Waals surface area (Å²) < 4.78 is 5.31. The molecule has 18 heavy (non-hydrogen) atoms. The van der Waals surface area contributed by atoms with Crippen LogP contribution in [0.1, 0.15) is 52.9 Å². The van der Waals surface area contributed by atoms with E-state index in [2.05, 4.69) is 6.58 Å². The maximum Gasteiger partial charge on any atom is 0.327 e. The fourth-order valence-corrected chi connectivity index (χ4v) is 1.57. The zero-order valence-corrected chi connectivity index (χ0v) is 12.0. The minimum Gasteiger partial charge on any atom is -0.459 e. The monoisotopic (exact) mass is 256 g/mol. The molecule has 0 aromatic carbocycles. The smallest absolute Gasteiger partial charge is 0.327 e. The van der Waals surface area contributed by atoms with E-state index in [1.54, 1.807) is 0 Å². The molecule has 0 aromatic rings. The molecular formula is C14H28N2O2. The second-order valence-electron chi connectivity index (χ2n) is 5.75. The van der Waals surface area contributed by atoms with Crippen LogP contribution in [-0.4, -0.2) is 23.7 Å². The third-order valence-corrected chi connectivity index (χ3v) is 2.70. The van der Waals surface area contributed by atoms with Gasteiger partial charge in [0.1, 0.15) is 11.1 Å². The molecule has 0 radical (unpaired) electrons. The number of carbonyl (C=O) groups excluding carboxylic acids is 1. The fraction of sp³-hybridized carbons (Fsp3) is 0.786. The summed E-state index contributed by atoms with van der Waals surface area (Å²) in [7, 11) is 0. The first kappa shape index (κ1) is 17.1. The lowest BCUT2D eigenvalue weighted by atomic mass is 9.93. The Morgan fingerprint density at radius 2 is 1.89 bits per heavy atom. The van der Waals surface area contributed by atoms with Crippen LogP contribution in [0, 0.1) is 0 Å². The van der Waals surface area contributed by atoms with Gasteiger partial charge in [0.05, 0.1) is 0 Å². The van der Waals surface area contributed by atoms with Gasteiger partial charge in [-0.15, -0.1) is 6.58 Å². The van der Waals surface area contributed by atoms with Gasteiger partial charge in [-0.05, 0) is 40.0 Å². The van der Waals surface area contributed by atoms with Crippen LogP contribution in [0.2, 0.25) is 0 Å². The van der Waals surface area contributed by atoms with E-state index in [0.29, 0.717) is 6.42 Å². The van der Waals surface area contributed by atoms with E-state index >= 15 is 0 Å². The summed E-state index contributed by atoms with van der Waals surface area (Å²) in [6.07, 6.45) is 6.42. The van der Waals surface area contributed by atoms with Crippen LogP contribution in [0.25, 0.3) is 0 Å². The van der Waals surface area contributed by atoms with Crippen molar-refractivity contribution in [2.75, 3.05) is 6.54 Å². The Balaban J connectivity index is 4.24. The third-order valence-electron chi connectivity index (χ3n) is 2.70. The standard InChI is InChI=1S/C14H28N2O2/c1-5-6-7-8-9-10-14(16,11-15)12(17)18-13(2,3)4/h5H,1,6-11,15-16H2,2-4H3. The van der Waals surface area contributed by atoms with Gasteiger partial charge >= 0.3 is 5.97 Å². The average molecular weight is 256 g/mol. The van der Waals surface area contributed by atoms with Crippen molar-refractivity contribution in [1.82, 2.24) is 0 Å². The SMILES string of the molecule is C=CCCCCCC(N)(CN)C(=O)OC(C)(C)C. The van der Waals surface area contributed by atoms with Gasteiger partial charge in [0, 0.05) is 6.54 Å². The van der Waals surface area contributed by atoms with Crippen molar-refractivity contribution in [2.45, 2.75) is 64.0 Å². The number of rotatable bonds is 8. The van der Waals surface area contributed by atoms with E-state index in [9.17, 15) is 4.79 Å². The maximum atomic E-state index is 12.0. The lowest BCUT2D eigenvalue weighted by molar-refractivity contribution is -0.161. The highest BCUT2D eigenvalue weighted by atomic mass is 16.6. The first-order valence-electron chi connectivity index (χ1n) is 6.58. The molecule has 0 heterocycles. The summed E-state index contributed by atoms with van der Waals surface area (Å²) >= 11 is 0. The Hall–Kier alpha value is -0.870. The van der Waals surface area contributed by atoms with Crippen molar-refractivity contribution in [3.63, 3.8) is 0 Å². The van der Waals surface area contributed by atoms with Crippen LogP contribution in [0.4, 0.5) is 0 Å². The van der Waals surface area contributed by atoms with Gasteiger partial charge in [0.25, 0.3) is 0 Å². The molecule has 0 bridgehead atoms. The summed E-state index contributed by atoms with van der Waals surface area (Å²) in [5, 5.41) is 0. The topological polar surface area (TPSA) is 78.3 Å². The molecule has 106 valence electrons. The van der Waals surface area contributed by atoms with Gasteiger partial charge in [-0.1, -0.05) is 18.9 Å². The van der Waals surface area contributed by atoms with Crippen molar-refractivity contribution in [3.8, 4) is 0 Å². The molecule has 0 amide bonds. The molecule has 0 aliphatic heterocycles. The van der Waals surface area contributed by atoms with Crippen LogP contribution in [0.15, 0.2) is 12.7 Å². The zero-order valence-electron chi connectivity index (χ0n) is 12.0. The lowest BCUT2D eigenvalue weighted by Crippen LogP contribution is -2.56. The highest BCUT2D eigenvalue weighted by Gasteiger charge is 2.36. The molecular weight excluding hydrogens is 228 g/mol. The molecule has 0 aliphatic rings. The van der Waals surface area contributed by atoms with Crippen molar-refractivity contribution < 1.29 is 9.53 Å². The number of ether oxygens (including phenoxy) is 1. The highest BCUT2D eigenvalue weighted by Crippen LogP contribution is 2.18. The van der Waals surface area contributed by atoms with Crippen LogP contribution in [0.5, 0.6) is 0 Å². The van der Waals surface area contributed by atoms with Gasteiger partial charge in [-0.3, -0.25) is 0 Å². The molecule has 0 saturated carbocycles. The molecule has 0 saturated heterocycles. The molecule has 0 aliphatic carbocycles. The molecule has 0 spiro atoms. The van der Waals surface area contributed by atoms with Crippen molar-refractivity contribution in [2.24, 2.45) is 11.5 Å². The first-order valence-corrected chi connectivity index (χ1v) is 6.58. The fourth-order valence-electron chi connectivity index (χ4n) is 1.57. The molecule has 0 fully saturated rings. The van der Waals surface area contributed by atoms with Crippen molar-refractivity contribution >= 4 is 5.97 Å². The normalized spacial score (nSPS) is 14.9. The van der Waals surface area contributed by atoms with E-state index in [1.807, 2.05) is 26.8 Å². The van der Waals surface area contributed by atoms with Crippen molar-refractivity contribution in [1.29, 1.82) is 0 Å². The number of esters is 1. The van der Waals surface area contributed by atoms with E-state index < -0.39 is 17.1 Å². The summed E-state index contributed by atoms with van der Waals surface area (Å²) in [5.41, 5.74) is 10.1. The van der Waals surface area contributed by atoms with Gasteiger partial charge in [0.2, 0.25) is 0 Å². The van der Waals surface area contributed by atoms with Crippen molar-refractivity contribution in [3.05, 3.63) is 12.7 Å². The van der Waals surface area contributed by atoms with Gasteiger partial charge < -0.3 is 16.2 Å². The van der Waals surface area contributed by atoms with Gasteiger partial charge in [0.15, 0.2) is 0 Å². The zero-order chi connectivity index (χ0) is 14.2. The lowest BCUT2D eigenvalue weighted by Gasteiger charge is -2.30. The van der Waals surface area contributed by atoms with Gasteiger partial charge in [-0.2, -0.15) is 0 Å². The Labute approximate surface area is 111 Å². The summed E-state index contributed by atoms with van der Waals surface area (Å²) in [6.45, 7) is 9.26. The second kappa shape index (κ2) is 7.54. The number of hydrogen-bond acceptors (Lipinski definition) is 4. The minimum absolute atomic E-state index is 0.114. The number of allylic oxidation sites excluding steroid dienone is 1. The summed E-state index contributed by atoms with van der Waals surface area (Å²) in [4.78, 5) is 12.0. The van der Waals surface area contributed by atoms with Crippen LogP contribution in [0.3, 0.4) is 0 Å². The maximum absolute atomic E-state index is 12.0. The molecule has 1 unspecified atom stereocenters. The molecule has 1 atom stereocenters. The predicted octanol–water partition coefficient (Wildman–Crippen LogP) is 2.12. The van der Waals surface area contributed by atoms with E-state index in [1.165, 1.54) is 0 Å². The Bertz CT molecular complexity index is 271. The molecule has 4 nitrogen and oxygen atoms in total. The second-order valence-corrected chi connectivity index (χ2v) is 5.75. The van der Waals surface area contributed by atoms with E-state index in [-0.39, 0.29) is 6.54 Å². The van der Waals surface area contributed by atoms with Crippen LogP contribution in [-0.2, 0) is 9.53 Å². The third kappa shape index (κ3) is 6.77. The molecule has 0 rings (SSSR count). The summed E-state index contributed by atoms with van der Waals surface area (Å²) in [5.74, 6) is -0.402. The predicted molar refractivity (Wildman–Crippen MR) is 75.1 cm³/mol. The number of unbranched alkanes of at least 4 members (excludes halogenated alkanes) is 3. The van der Waals surface area contributed by atoms with Crippen LogP contribution >= 0.6 is 0 Å². The Kier molecular flexibility index (Phi) is 7.18. The number of hydrogen-bond donors (Lipinski definition) is 2. The Morgan fingerprint density at radius 3 is 2.33 bits per heavy atom. The highest BCUT2D eigenvalue weighted by molar-refractivity contribution is 5.81. The quantitative estimate of drug-likeness (QED) is 0.396. The largest absolute Gasteiger partial charge is 0.459 e. The average Bonchev–Trinajstić information content (AvgIpc) is 2.26. The van der Waals surface area contributed by atoms with E-state index in [4.69, 9.17) is 16.2 Å². The van der Waals surface area contributed by atoms with E-state index in [0.717, 1.165) is 25.7 Å². The number of carbonyl (C=O) groups is 1. The van der Waals surface area contributed by atoms with Crippen LogP contribution < -0.4 is 11.5 Å². The number of nitrogens with two attached hydrogens (primary N) is 2. The Morgan fingerprint density at radius 1 is 1.28 bits per heavy atom. The summed E-state index contributed by atoms with van der Waals surface area (Å²) in [6, 6.07) is 0. The molecule has 0 aromatic heterocycles.